The van der Waals surface area contributed by atoms with Crippen molar-refractivity contribution < 1.29 is 19.2 Å². The van der Waals surface area contributed by atoms with Crippen molar-refractivity contribution in [3.63, 3.8) is 0 Å². The molecule has 0 amide bonds. The molecule has 3 rings (SSSR count). The minimum Gasteiger partial charge on any atom is -0.490 e. The van der Waals surface area contributed by atoms with E-state index in [1.165, 1.54) is 12.5 Å². The lowest BCUT2D eigenvalue weighted by molar-refractivity contribution is 0.0686. The molecule has 0 atom stereocenters. The highest BCUT2D eigenvalue weighted by molar-refractivity contribution is 5.86. The Bertz CT molecular complexity index is 584. The predicted octanol–water partition coefficient (Wildman–Crippen LogP) is 2.97. The van der Waals surface area contributed by atoms with Crippen LogP contribution < -0.4 is 4.74 Å². The minimum atomic E-state index is -1.10. The summed E-state index contributed by atoms with van der Waals surface area (Å²) in [6.07, 6.45) is 3.81. The van der Waals surface area contributed by atoms with Gasteiger partial charge in [-0.3, -0.25) is 0 Å². The number of benzene rings is 1. The number of carbonyl (C=O) groups is 1. The normalized spacial score (nSPS) is 14.9. The van der Waals surface area contributed by atoms with Crippen molar-refractivity contribution in [3.8, 4) is 17.1 Å². The largest absolute Gasteiger partial charge is 0.490 e. The second kappa shape index (κ2) is 4.76. The van der Waals surface area contributed by atoms with E-state index in [1.54, 1.807) is 0 Å². The topological polar surface area (TPSA) is 72.6 Å². The van der Waals surface area contributed by atoms with Crippen molar-refractivity contribution in [2.24, 2.45) is 0 Å². The van der Waals surface area contributed by atoms with Crippen molar-refractivity contribution in [3.05, 3.63) is 36.0 Å². The molecule has 19 heavy (non-hydrogen) atoms. The third kappa shape index (κ3) is 2.45. The summed E-state index contributed by atoms with van der Waals surface area (Å²) in [6, 6.07) is 8.79. The molecule has 0 bridgehead atoms. The summed E-state index contributed by atoms with van der Waals surface area (Å²) in [4.78, 5) is 10.7. The molecule has 0 spiro atoms. The summed E-state index contributed by atoms with van der Waals surface area (Å²) in [5.41, 5.74) is 0.686. The number of aromatic nitrogens is 1. The van der Waals surface area contributed by atoms with E-state index < -0.39 is 5.97 Å². The second-order valence-corrected chi connectivity index (χ2v) is 4.58. The Morgan fingerprint density at radius 3 is 2.58 bits per heavy atom. The number of carboxylic acid groups (broad SMARTS) is 1. The highest BCUT2D eigenvalue weighted by Gasteiger charge is 2.19. The van der Waals surface area contributed by atoms with Gasteiger partial charge in [0, 0.05) is 11.6 Å². The third-order valence-corrected chi connectivity index (χ3v) is 3.22. The molecule has 1 aliphatic rings. The fourth-order valence-electron chi connectivity index (χ4n) is 1.89. The molecule has 1 aromatic carbocycles. The number of hydrogen-bond donors (Lipinski definition) is 1. The van der Waals surface area contributed by atoms with Crippen LogP contribution in [0.2, 0.25) is 0 Å². The van der Waals surface area contributed by atoms with Gasteiger partial charge in [0.15, 0.2) is 11.5 Å². The molecule has 1 saturated carbocycles. The summed E-state index contributed by atoms with van der Waals surface area (Å²) >= 11 is 0. The van der Waals surface area contributed by atoms with E-state index in [4.69, 9.17) is 14.4 Å². The van der Waals surface area contributed by atoms with Crippen molar-refractivity contribution in [2.75, 3.05) is 0 Å². The Morgan fingerprint density at radius 2 is 2.05 bits per heavy atom. The highest BCUT2D eigenvalue weighted by Crippen LogP contribution is 2.27. The zero-order valence-corrected chi connectivity index (χ0v) is 10.2. The SMILES string of the molecule is O=C(O)c1cc(-c2ccc(OC3CCC3)cc2)on1. The molecule has 0 saturated heterocycles. The van der Waals surface area contributed by atoms with E-state index in [0.717, 1.165) is 24.2 Å². The first-order valence-corrected chi connectivity index (χ1v) is 6.19. The highest BCUT2D eigenvalue weighted by atomic mass is 16.5. The summed E-state index contributed by atoms with van der Waals surface area (Å²) in [5, 5.41) is 12.3. The maximum Gasteiger partial charge on any atom is 0.358 e. The number of hydrogen-bond acceptors (Lipinski definition) is 4. The van der Waals surface area contributed by atoms with E-state index in [1.807, 2.05) is 24.3 Å². The van der Waals surface area contributed by atoms with Gasteiger partial charge in [-0.2, -0.15) is 0 Å². The van der Waals surface area contributed by atoms with E-state index in [9.17, 15) is 4.79 Å². The van der Waals surface area contributed by atoms with E-state index in [2.05, 4.69) is 5.16 Å². The zero-order valence-electron chi connectivity index (χ0n) is 10.2. The van der Waals surface area contributed by atoms with Crippen LogP contribution in [0.4, 0.5) is 0 Å². The van der Waals surface area contributed by atoms with Gasteiger partial charge >= 0.3 is 5.97 Å². The van der Waals surface area contributed by atoms with Crippen LogP contribution in [0.1, 0.15) is 29.8 Å². The molecule has 1 fully saturated rings. The maximum atomic E-state index is 10.7. The van der Waals surface area contributed by atoms with Crippen LogP contribution in [0.25, 0.3) is 11.3 Å². The fraction of sp³-hybridized carbons (Fsp3) is 0.286. The number of aromatic carboxylic acids is 1. The van der Waals surface area contributed by atoms with Crippen LogP contribution in [0.15, 0.2) is 34.9 Å². The van der Waals surface area contributed by atoms with Gasteiger partial charge in [-0.25, -0.2) is 4.79 Å². The Hall–Kier alpha value is -2.30. The lowest BCUT2D eigenvalue weighted by Crippen LogP contribution is -2.24. The molecule has 0 aliphatic heterocycles. The number of carboxylic acids is 1. The molecule has 2 aromatic rings. The van der Waals surface area contributed by atoms with Crippen molar-refractivity contribution in [1.29, 1.82) is 0 Å². The van der Waals surface area contributed by atoms with Crippen molar-refractivity contribution in [1.82, 2.24) is 5.16 Å². The molecule has 5 nitrogen and oxygen atoms in total. The average molecular weight is 259 g/mol. The van der Waals surface area contributed by atoms with Crippen LogP contribution in [0.3, 0.4) is 0 Å². The van der Waals surface area contributed by atoms with Crippen LogP contribution in [0, 0.1) is 0 Å². The van der Waals surface area contributed by atoms with Gasteiger partial charge in [-0.1, -0.05) is 5.16 Å². The number of nitrogens with zero attached hydrogens (tertiary/aromatic N) is 1. The molecule has 1 aliphatic carbocycles. The maximum absolute atomic E-state index is 10.7. The van der Waals surface area contributed by atoms with Crippen molar-refractivity contribution in [2.45, 2.75) is 25.4 Å². The predicted molar refractivity (Wildman–Crippen MR) is 67.2 cm³/mol. The van der Waals surface area contributed by atoms with Crippen molar-refractivity contribution >= 4 is 5.97 Å². The third-order valence-electron chi connectivity index (χ3n) is 3.22. The molecule has 1 heterocycles. The number of ether oxygens (including phenoxy) is 1. The quantitative estimate of drug-likeness (QED) is 0.913. The fourth-order valence-corrected chi connectivity index (χ4v) is 1.89. The van der Waals surface area contributed by atoms with Crippen LogP contribution in [-0.4, -0.2) is 22.3 Å². The van der Waals surface area contributed by atoms with E-state index >= 15 is 0 Å². The van der Waals surface area contributed by atoms with Gasteiger partial charge in [0.2, 0.25) is 0 Å². The monoisotopic (exact) mass is 259 g/mol. The lowest BCUT2D eigenvalue weighted by atomic mass is 9.96. The summed E-state index contributed by atoms with van der Waals surface area (Å²) < 4.78 is 10.7. The zero-order chi connectivity index (χ0) is 13.2. The van der Waals surface area contributed by atoms with Gasteiger partial charge in [0.05, 0.1) is 6.10 Å². The smallest absolute Gasteiger partial charge is 0.358 e. The Balaban J connectivity index is 1.75. The Labute approximate surface area is 109 Å². The minimum absolute atomic E-state index is 0.0928. The summed E-state index contributed by atoms with van der Waals surface area (Å²) in [5.74, 6) is 0.166. The van der Waals surface area contributed by atoms with E-state index in [-0.39, 0.29) is 5.69 Å². The average Bonchev–Trinajstić information content (AvgIpc) is 2.84. The number of rotatable bonds is 4. The standard InChI is InChI=1S/C14H13NO4/c16-14(17)12-8-13(19-15-12)9-4-6-11(7-5-9)18-10-2-1-3-10/h4-8,10H,1-3H2,(H,16,17). The first-order chi connectivity index (χ1) is 9.22. The van der Waals surface area contributed by atoms with Gasteiger partial charge in [-0.05, 0) is 43.5 Å². The molecule has 1 N–H and O–H groups in total. The lowest BCUT2D eigenvalue weighted by Gasteiger charge is -2.26. The molecule has 0 unspecified atom stereocenters. The first kappa shape index (κ1) is 11.8. The first-order valence-electron chi connectivity index (χ1n) is 6.19. The van der Waals surface area contributed by atoms with Gasteiger partial charge in [0.1, 0.15) is 5.75 Å². The van der Waals surface area contributed by atoms with Gasteiger partial charge in [-0.15, -0.1) is 0 Å². The summed E-state index contributed by atoms with van der Waals surface area (Å²) in [7, 11) is 0. The molecular weight excluding hydrogens is 246 g/mol. The Morgan fingerprint density at radius 1 is 1.32 bits per heavy atom. The second-order valence-electron chi connectivity index (χ2n) is 4.58. The molecule has 0 radical (unpaired) electrons. The van der Waals surface area contributed by atoms with Crippen LogP contribution in [0.5, 0.6) is 5.75 Å². The van der Waals surface area contributed by atoms with Gasteiger partial charge < -0.3 is 14.4 Å². The molecule has 5 heteroatoms. The van der Waals surface area contributed by atoms with Gasteiger partial charge in [0.25, 0.3) is 0 Å². The van der Waals surface area contributed by atoms with E-state index in [0.29, 0.717) is 11.9 Å². The molecular formula is C14H13NO4. The molecule has 1 aromatic heterocycles. The molecule has 98 valence electrons. The van der Waals surface area contributed by atoms with Crippen LogP contribution >= 0.6 is 0 Å². The van der Waals surface area contributed by atoms with Crippen LogP contribution in [-0.2, 0) is 0 Å². The Kier molecular flexibility index (Phi) is 2.95. The summed E-state index contributed by atoms with van der Waals surface area (Å²) in [6.45, 7) is 0.